The molecular formula is C20H16FN3OS. The number of aryl methyl sites for hydroxylation is 1. The van der Waals surface area contributed by atoms with Crippen LogP contribution >= 0.6 is 11.3 Å². The summed E-state index contributed by atoms with van der Waals surface area (Å²) in [7, 11) is 0. The number of nitrogens with one attached hydrogen (secondary N) is 2. The number of halogens is 1. The molecule has 0 saturated heterocycles. The van der Waals surface area contributed by atoms with Gasteiger partial charge in [0.15, 0.2) is 5.13 Å². The van der Waals surface area contributed by atoms with Crippen molar-refractivity contribution >= 4 is 43.5 Å². The summed E-state index contributed by atoms with van der Waals surface area (Å²) in [5.74, 6) is -0.781. The first-order valence-electron chi connectivity index (χ1n) is 8.53. The topological polar surface area (TPSA) is 57.8 Å². The number of rotatable bonds is 3. The largest absolute Gasteiger partial charge is 0.361 e. The highest BCUT2D eigenvalue weighted by atomic mass is 32.1. The lowest BCUT2D eigenvalue weighted by Gasteiger charge is -2.08. The van der Waals surface area contributed by atoms with Gasteiger partial charge in [0.25, 0.3) is 0 Å². The number of thiazole rings is 1. The second kappa shape index (κ2) is 5.64. The van der Waals surface area contributed by atoms with E-state index in [1.807, 2.05) is 12.3 Å². The van der Waals surface area contributed by atoms with Gasteiger partial charge < -0.3 is 10.3 Å². The van der Waals surface area contributed by atoms with Crippen molar-refractivity contribution in [3.63, 3.8) is 0 Å². The minimum Gasteiger partial charge on any atom is -0.361 e. The van der Waals surface area contributed by atoms with Crippen LogP contribution in [0.3, 0.4) is 0 Å². The molecule has 26 heavy (non-hydrogen) atoms. The Morgan fingerprint density at radius 2 is 2.15 bits per heavy atom. The SMILES string of the molecule is Cc1ccc2[nH]ccc2c1-c1ccc2nc(NC(=O)C3CC3F)sc2c1. The fourth-order valence-electron chi connectivity index (χ4n) is 3.39. The molecule has 1 amide bonds. The van der Waals surface area contributed by atoms with Crippen LogP contribution in [0.1, 0.15) is 12.0 Å². The lowest BCUT2D eigenvalue weighted by molar-refractivity contribution is -0.117. The summed E-state index contributed by atoms with van der Waals surface area (Å²) in [5, 5.41) is 4.45. The second-order valence-corrected chi connectivity index (χ2v) is 7.78. The Morgan fingerprint density at radius 1 is 1.31 bits per heavy atom. The molecular weight excluding hydrogens is 349 g/mol. The number of carbonyl (C=O) groups is 1. The van der Waals surface area contributed by atoms with Crippen LogP contribution in [-0.2, 0) is 4.79 Å². The van der Waals surface area contributed by atoms with E-state index in [4.69, 9.17) is 0 Å². The van der Waals surface area contributed by atoms with E-state index in [9.17, 15) is 9.18 Å². The lowest BCUT2D eigenvalue weighted by atomic mass is 9.97. The van der Waals surface area contributed by atoms with E-state index >= 15 is 0 Å². The molecule has 2 heterocycles. The minimum atomic E-state index is -0.999. The molecule has 5 rings (SSSR count). The number of amides is 1. The van der Waals surface area contributed by atoms with Crippen molar-refractivity contribution in [3.8, 4) is 11.1 Å². The first kappa shape index (κ1) is 15.5. The van der Waals surface area contributed by atoms with Gasteiger partial charge in [-0.05, 0) is 54.3 Å². The fraction of sp³-hybridized carbons (Fsp3) is 0.200. The van der Waals surface area contributed by atoms with Gasteiger partial charge in [-0.15, -0.1) is 0 Å². The van der Waals surface area contributed by atoms with Gasteiger partial charge in [-0.2, -0.15) is 0 Å². The fourth-order valence-corrected chi connectivity index (χ4v) is 4.30. The Labute approximate surface area is 153 Å². The predicted octanol–water partition coefficient (Wildman–Crippen LogP) is 5.05. The number of nitrogens with zero attached hydrogens (tertiary/aromatic N) is 1. The predicted molar refractivity (Wildman–Crippen MR) is 103 cm³/mol. The molecule has 2 aromatic carbocycles. The third-order valence-corrected chi connectivity index (χ3v) is 5.83. The van der Waals surface area contributed by atoms with E-state index in [1.165, 1.54) is 27.8 Å². The molecule has 2 N–H and O–H groups in total. The van der Waals surface area contributed by atoms with Gasteiger partial charge in [-0.1, -0.05) is 23.5 Å². The molecule has 130 valence electrons. The molecule has 0 bridgehead atoms. The number of hydrogen-bond donors (Lipinski definition) is 2. The van der Waals surface area contributed by atoms with Crippen LogP contribution < -0.4 is 5.32 Å². The Kier molecular flexibility index (Phi) is 3.37. The van der Waals surface area contributed by atoms with Crippen molar-refractivity contribution in [3.05, 3.63) is 48.2 Å². The molecule has 4 aromatic rings. The monoisotopic (exact) mass is 365 g/mol. The normalized spacial score (nSPS) is 19.2. The zero-order chi connectivity index (χ0) is 17.8. The van der Waals surface area contributed by atoms with Crippen molar-refractivity contribution in [2.45, 2.75) is 19.5 Å². The van der Waals surface area contributed by atoms with Crippen LogP contribution in [0.15, 0.2) is 42.6 Å². The lowest BCUT2D eigenvalue weighted by Crippen LogP contribution is -2.14. The average Bonchev–Trinajstić information content (AvgIpc) is 3.02. The van der Waals surface area contributed by atoms with E-state index in [0.29, 0.717) is 11.6 Å². The maximum atomic E-state index is 13.0. The number of aromatic amines is 1. The van der Waals surface area contributed by atoms with E-state index in [2.05, 4.69) is 52.5 Å². The second-order valence-electron chi connectivity index (χ2n) is 6.75. The smallest absolute Gasteiger partial charge is 0.232 e. The van der Waals surface area contributed by atoms with E-state index in [0.717, 1.165) is 21.3 Å². The van der Waals surface area contributed by atoms with Crippen molar-refractivity contribution in [1.82, 2.24) is 9.97 Å². The third kappa shape index (κ3) is 2.49. The highest BCUT2D eigenvalue weighted by molar-refractivity contribution is 7.22. The highest BCUT2D eigenvalue weighted by Gasteiger charge is 2.43. The maximum absolute atomic E-state index is 13.0. The van der Waals surface area contributed by atoms with Crippen LogP contribution in [0.5, 0.6) is 0 Å². The number of aromatic nitrogens is 2. The number of alkyl halides is 1. The van der Waals surface area contributed by atoms with E-state index in [-0.39, 0.29) is 5.91 Å². The van der Waals surface area contributed by atoms with Crippen molar-refractivity contribution in [1.29, 1.82) is 0 Å². The zero-order valence-corrected chi connectivity index (χ0v) is 14.9. The summed E-state index contributed by atoms with van der Waals surface area (Å²) in [6.07, 6.45) is 1.27. The standard InChI is InChI=1S/C20H16FN3OS/c1-10-2-4-15-12(6-7-22-15)18(10)11-3-5-16-17(8-11)26-20(23-16)24-19(25)13-9-14(13)21/h2-8,13-14,22H,9H2,1H3,(H,23,24,25). The molecule has 1 aliphatic rings. The number of H-pyrrole nitrogens is 1. The molecule has 0 radical (unpaired) electrons. The van der Waals surface area contributed by atoms with Crippen LogP contribution in [0.25, 0.3) is 32.2 Å². The quantitative estimate of drug-likeness (QED) is 0.534. The third-order valence-electron chi connectivity index (χ3n) is 4.90. The molecule has 0 spiro atoms. The van der Waals surface area contributed by atoms with Crippen LogP contribution in [-0.4, -0.2) is 22.0 Å². The van der Waals surface area contributed by atoms with Gasteiger partial charge >= 0.3 is 0 Å². The molecule has 1 saturated carbocycles. The summed E-state index contributed by atoms with van der Waals surface area (Å²) in [5.41, 5.74) is 5.46. The summed E-state index contributed by atoms with van der Waals surface area (Å²) < 4.78 is 14.0. The van der Waals surface area contributed by atoms with Gasteiger partial charge in [0, 0.05) is 17.1 Å². The van der Waals surface area contributed by atoms with Gasteiger partial charge in [-0.25, -0.2) is 9.37 Å². The Bertz CT molecular complexity index is 1160. The molecule has 1 aliphatic carbocycles. The summed E-state index contributed by atoms with van der Waals surface area (Å²) in [6.45, 7) is 2.10. The molecule has 2 unspecified atom stereocenters. The number of benzene rings is 2. The van der Waals surface area contributed by atoms with E-state index < -0.39 is 12.1 Å². The summed E-state index contributed by atoms with van der Waals surface area (Å²) in [6, 6.07) is 12.4. The Hall–Kier alpha value is -2.73. The minimum absolute atomic E-state index is 0.273. The average molecular weight is 365 g/mol. The Balaban J connectivity index is 1.54. The van der Waals surface area contributed by atoms with Crippen LogP contribution in [0, 0.1) is 12.8 Å². The van der Waals surface area contributed by atoms with Crippen LogP contribution in [0.2, 0.25) is 0 Å². The number of carbonyl (C=O) groups excluding carboxylic acids is 1. The Morgan fingerprint density at radius 3 is 2.96 bits per heavy atom. The van der Waals surface area contributed by atoms with Gasteiger partial charge in [0.1, 0.15) is 6.17 Å². The summed E-state index contributed by atoms with van der Waals surface area (Å²) >= 11 is 1.42. The van der Waals surface area contributed by atoms with Crippen molar-refractivity contribution in [2.24, 2.45) is 5.92 Å². The van der Waals surface area contributed by atoms with E-state index in [1.54, 1.807) is 0 Å². The molecule has 2 aromatic heterocycles. The molecule has 0 aliphatic heterocycles. The number of anilines is 1. The van der Waals surface area contributed by atoms with Crippen molar-refractivity contribution in [2.75, 3.05) is 5.32 Å². The van der Waals surface area contributed by atoms with Crippen LogP contribution in [0.4, 0.5) is 9.52 Å². The number of fused-ring (bicyclic) bond motifs is 2. The number of hydrogen-bond acceptors (Lipinski definition) is 3. The van der Waals surface area contributed by atoms with Gasteiger partial charge in [-0.3, -0.25) is 4.79 Å². The summed E-state index contributed by atoms with van der Waals surface area (Å²) in [4.78, 5) is 19.6. The highest BCUT2D eigenvalue weighted by Crippen LogP contribution is 2.37. The van der Waals surface area contributed by atoms with Crippen molar-refractivity contribution < 1.29 is 9.18 Å². The van der Waals surface area contributed by atoms with Gasteiger partial charge in [0.05, 0.1) is 16.1 Å². The molecule has 4 nitrogen and oxygen atoms in total. The first-order chi connectivity index (χ1) is 12.6. The molecule has 2 atom stereocenters. The molecule has 6 heteroatoms. The molecule has 1 fully saturated rings. The maximum Gasteiger partial charge on any atom is 0.232 e. The first-order valence-corrected chi connectivity index (χ1v) is 9.34. The van der Waals surface area contributed by atoms with Gasteiger partial charge in [0.2, 0.25) is 5.91 Å². The zero-order valence-electron chi connectivity index (χ0n) is 14.0.